The van der Waals surface area contributed by atoms with Crippen LogP contribution in [0.2, 0.25) is 5.02 Å². The number of benzene rings is 1. The minimum Gasteiger partial charge on any atom is -0.297 e. The molecule has 1 aliphatic carbocycles. The molecule has 1 unspecified atom stereocenters. The maximum atomic E-state index is 9.56. The minimum absolute atomic E-state index is 0.481. The molecule has 1 fully saturated rings. The summed E-state index contributed by atoms with van der Waals surface area (Å²) in [7, 11) is 0. The first-order valence-electron chi connectivity index (χ1n) is 7.55. The molecule has 1 atom stereocenters. The van der Waals surface area contributed by atoms with Crippen molar-refractivity contribution in [2.45, 2.75) is 63.5 Å². The van der Waals surface area contributed by atoms with E-state index < -0.39 is 5.54 Å². The molecule has 0 spiro atoms. The molecule has 0 bridgehead atoms. The second-order valence-corrected chi connectivity index (χ2v) is 6.52. The van der Waals surface area contributed by atoms with Crippen molar-refractivity contribution in [3.63, 3.8) is 0 Å². The van der Waals surface area contributed by atoms with Crippen molar-refractivity contribution >= 4 is 11.6 Å². The Kier molecular flexibility index (Phi) is 5.46. The summed E-state index contributed by atoms with van der Waals surface area (Å²) in [6.45, 7) is 2.01. The van der Waals surface area contributed by atoms with Gasteiger partial charge in [-0.2, -0.15) is 5.26 Å². The van der Waals surface area contributed by atoms with Crippen LogP contribution in [0.4, 0.5) is 0 Å². The van der Waals surface area contributed by atoms with Gasteiger partial charge in [-0.25, -0.2) is 0 Å². The molecule has 108 valence electrons. The van der Waals surface area contributed by atoms with E-state index >= 15 is 0 Å². The molecule has 1 aromatic rings. The minimum atomic E-state index is -0.497. The molecule has 0 aliphatic heterocycles. The fourth-order valence-electron chi connectivity index (χ4n) is 3.01. The zero-order chi connectivity index (χ0) is 14.4. The molecule has 1 N–H and O–H groups in total. The predicted molar refractivity (Wildman–Crippen MR) is 83.8 cm³/mol. The standard InChI is InChI=1S/C17H23ClN2/c1-17(13-19,12-14-8-10-15(18)11-9-14)20-16-6-4-2-3-5-7-16/h8-11,16,20H,2-7,12H2,1H3. The van der Waals surface area contributed by atoms with Crippen LogP contribution in [0.15, 0.2) is 24.3 Å². The van der Waals surface area contributed by atoms with E-state index in [-0.39, 0.29) is 0 Å². The van der Waals surface area contributed by atoms with Gasteiger partial charge in [-0.1, -0.05) is 49.4 Å². The van der Waals surface area contributed by atoms with E-state index in [1.165, 1.54) is 38.5 Å². The summed E-state index contributed by atoms with van der Waals surface area (Å²) < 4.78 is 0. The second-order valence-electron chi connectivity index (χ2n) is 6.08. The number of nitriles is 1. The number of rotatable bonds is 4. The van der Waals surface area contributed by atoms with Crippen LogP contribution in [0.1, 0.15) is 51.0 Å². The van der Waals surface area contributed by atoms with Crippen molar-refractivity contribution in [3.05, 3.63) is 34.9 Å². The maximum absolute atomic E-state index is 9.56. The van der Waals surface area contributed by atoms with Gasteiger partial charge in [0.2, 0.25) is 0 Å². The Bertz CT molecular complexity index is 455. The molecule has 20 heavy (non-hydrogen) atoms. The van der Waals surface area contributed by atoms with Crippen molar-refractivity contribution in [2.75, 3.05) is 0 Å². The fourth-order valence-corrected chi connectivity index (χ4v) is 3.13. The molecule has 0 radical (unpaired) electrons. The van der Waals surface area contributed by atoms with Gasteiger partial charge in [0.25, 0.3) is 0 Å². The molecule has 0 saturated heterocycles. The highest BCUT2D eigenvalue weighted by atomic mass is 35.5. The normalized spacial score (nSPS) is 19.9. The molecule has 0 amide bonds. The van der Waals surface area contributed by atoms with Crippen molar-refractivity contribution in [3.8, 4) is 6.07 Å². The molecule has 1 aliphatic rings. The van der Waals surface area contributed by atoms with E-state index in [0.29, 0.717) is 6.04 Å². The largest absolute Gasteiger partial charge is 0.297 e. The molecule has 2 rings (SSSR count). The number of nitrogens with one attached hydrogen (secondary N) is 1. The van der Waals surface area contributed by atoms with Crippen LogP contribution in [-0.4, -0.2) is 11.6 Å². The van der Waals surface area contributed by atoms with E-state index in [9.17, 15) is 5.26 Å². The van der Waals surface area contributed by atoms with Crippen LogP contribution in [-0.2, 0) is 6.42 Å². The summed E-state index contributed by atoms with van der Waals surface area (Å²) >= 11 is 5.91. The number of hydrogen-bond acceptors (Lipinski definition) is 2. The number of nitrogens with zero attached hydrogens (tertiary/aromatic N) is 1. The van der Waals surface area contributed by atoms with Gasteiger partial charge < -0.3 is 0 Å². The average Bonchev–Trinajstić information content (AvgIpc) is 2.70. The van der Waals surface area contributed by atoms with Crippen LogP contribution >= 0.6 is 11.6 Å². The highest BCUT2D eigenvalue weighted by Crippen LogP contribution is 2.22. The smallest absolute Gasteiger partial charge is 0.108 e. The first-order chi connectivity index (χ1) is 9.61. The Morgan fingerprint density at radius 3 is 2.35 bits per heavy atom. The van der Waals surface area contributed by atoms with Gasteiger partial charge in [0.05, 0.1) is 6.07 Å². The zero-order valence-electron chi connectivity index (χ0n) is 12.2. The Balaban J connectivity index is 2.00. The summed E-state index contributed by atoms with van der Waals surface area (Å²) in [4.78, 5) is 0. The average molecular weight is 291 g/mol. The van der Waals surface area contributed by atoms with Crippen LogP contribution < -0.4 is 5.32 Å². The van der Waals surface area contributed by atoms with Gasteiger partial charge in [0.1, 0.15) is 5.54 Å². The van der Waals surface area contributed by atoms with E-state index in [1.807, 2.05) is 31.2 Å². The predicted octanol–water partition coefficient (Wildman–Crippen LogP) is 4.48. The summed E-state index contributed by atoms with van der Waals surface area (Å²) in [6.07, 6.45) is 8.32. The van der Waals surface area contributed by atoms with Crippen LogP contribution in [0.25, 0.3) is 0 Å². The van der Waals surface area contributed by atoms with Crippen LogP contribution in [0.5, 0.6) is 0 Å². The van der Waals surface area contributed by atoms with Gasteiger partial charge in [0, 0.05) is 17.5 Å². The topological polar surface area (TPSA) is 35.8 Å². The zero-order valence-corrected chi connectivity index (χ0v) is 12.9. The fraction of sp³-hybridized carbons (Fsp3) is 0.588. The molecule has 0 aromatic heterocycles. The third-order valence-electron chi connectivity index (χ3n) is 4.10. The molecule has 3 heteroatoms. The summed E-state index contributed by atoms with van der Waals surface area (Å²) in [5.41, 5.74) is 0.655. The first kappa shape index (κ1) is 15.4. The summed E-state index contributed by atoms with van der Waals surface area (Å²) in [5.74, 6) is 0. The Hall–Kier alpha value is -1.04. The molecule has 2 nitrogen and oxygen atoms in total. The van der Waals surface area contributed by atoms with Crippen LogP contribution in [0.3, 0.4) is 0 Å². The van der Waals surface area contributed by atoms with Gasteiger partial charge in [-0.15, -0.1) is 0 Å². The Labute approximate surface area is 127 Å². The van der Waals surface area contributed by atoms with Crippen molar-refractivity contribution in [1.29, 1.82) is 5.26 Å². The maximum Gasteiger partial charge on any atom is 0.108 e. The van der Waals surface area contributed by atoms with Gasteiger partial charge in [-0.3, -0.25) is 5.32 Å². The lowest BCUT2D eigenvalue weighted by atomic mass is 9.92. The Morgan fingerprint density at radius 1 is 1.20 bits per heavy atom. The number of hydrogen-bond donors (Lipinski definition) is 1. The lowest BCUT2D eigenvalue weighted by molar-refractivity contribution is 0.348. The Morgan fingerprint density at radius 2 is 1.80 bits per heavy atom. The highest BCUT2D eigenvalue weighted by molar-refractivity contribution is 6.30. The lowest BCUT2D eigenvalue weighted by Gasteiger charge is -2.29. The molecule has 1 saturated carbocycles. The van der Waals surface area contributed by atoms with E-state index in [1.54, 1.807) is 0 Å². The summed E-state index contributed by atoms with van der Waals surface area (Å²) in [6, 6.07) is 10.7. The van der Waals surface area contributed by atoms with Crippen molar-refractivity contribution < 1.29 is 0 Å². The highest BCUT2D eigenvalue weighted by Gasteiger charge is 2.27. The van der Waals surface area contributed by atoms with Gasteiger partial charge in [-0.05, 0) is 37.5 Å². The van der Waals surface area contributed by atoms with Crippen molar-refractivity contribution in [2.24, 2.45) is 0 Å². The summed E-state index contributed by atoms with van der Waals surface area (Å²) in [5, 5.41) is 13.9. The third-order valence-corrected chi connectivity index (χ3v) is 4.35. The third kappa shape index (κ3) is 4.51. The van der Waals surface area contributed by atoms with E-state index in [0.717, 1.165) is 17.0 Å². The molecule has 1 aromatic carbocycles. The monoisotopic (exact) mass is 290 g/mol. The van der Waals surface area contributed by atoms with Crippen LogP contribution in [0, 0.1) is 11.3 Å². The van der Waals surface area contributed by atoms with E-state index in [4.69, 9.17) is 11.6 Å². The van der Waals surface area contributed by atoms with E-state index in [2.05, 4.69) is 11.4 Å². The SMILES string of the molecule is CC(C#N)(Cc1ccc(Cl)cc1)NC1CCCCCC1. The molecule has 0 heterocycles. The van der Waals surface area contributed by atoms with Gasteiger partial charge in [0.15, 0.2) is 0 Å². The lowest BCUT2D eigenvalue weighted by Crippen LogP contribution is -2.48. The first-order valence-corrected chi connectivity index (χ1v) is 7.92. The quantitative estimate of drug-likeness (QED) is 0.830. The van der Waals surface area contributed by atoms with Crippen molar-refractivity contribution in [1.82, 2.24) is 5.32 Å². The molecular formula is C17H23ClN2. The van der Waals surface area contributed by atoms with Gasteiger partial charge >= 0.3 is 0 Å². The number of halogens is 1. The second kappa shape index (κ2) is 7.11. The molecular weight excluding hydrogens is 268 g/mol.